The molecular formula is C12H18N2O3. The molecule has 17 heavy (non-hydrogen) atoms. The van der Waals surface area contributed by atoms with Crippen molar-refractivity contribution in [1.29, 1.82) is 0 Å². The van der Waals surface area contributed by atoms with Crippen molar-refractivity contribution >= 4 is 11.6 Å². The number of benzene rings is 1. The van der Waals surface area contributed by atoms with Crippen LogP contribution in [0, 0.1) is 0 Å². The standard InChI is InChI=1S/C12H18N2O3/c1-9(7-16-2)14-12(15)8-17-11-5-3-10(13)4-6-11/h3-6,9H,7-8,13H2,1-2H3,(H,14,15). The van der Waals surface area contributed by atoms with Gasteiger partial charge in [0.15, 0.2) is 6.61 Å². The summed E-state index contributed by atoms with van der Waals surface area (Å²) < 4.78 is 10.2. The van der Waals surface area contributed by atoms with Gasteiger partial charge in [0.05, 0.1) is 6.61 Å². The second kappa shape index (κ2) is 6.75. The van der Waals surface area contributed by atoms with E-state index in [2.05, 4.69) is 5.32 Å². The number of nitrogen functional groups attached to an aromatic ring is 1. The van der Waals surface area contributed by atoms with Crippen LogP contribution in [0.5, 0.6) is 5.75 Å². The summed E-state index contributed by atoms with van der Waals surface area (Å²) in [6.45, 7) is 2.33. The van der Waals surface area contributed by atoms with Crippen molar-refractivity contribution in [2.24, 2.45) is 0 Å². The van der Waals surface area contributed by atoms with Crippen LogP contribution in [0.4, 0.5) is 5.69 Å². The third-order valence-electron chi connectivity index (χ3n) is 2.07. The highest BCUT2D eigenvalue weighted by molar-refractivity contribution is 5.77. The van der Waals surface area contributed by atoms with Gasteiger partial charge in [-0.1, -0.05) is 0 Å². The average molecular weight is 238 g/mol. The molecule has 0 aliphatic heterocycles. The van der Waals surface area contributed by atoms with Crippen molar-refractivity contribution < 1.29 is 14.3 Å². The van der Waals surface area contributed by atoms with Crippen LogP contribution >= 0.6 is 0 Å². The fraction of sp³-hybridized carbons (Fsp3) is 0.417. The molecule has 0 heterocycles. The Bertz CT molecular complexity index is 351. The monoisotopic (exact) mass is 238 g/mol. The number of nitrogens with two attached hydrogens (primary N) is 1. The van der Waals surface area contributed by atoms with Gasteiger partial charge < -0.3 is 20.5 Å². The third-order valence-corrected chi connectivity index (χ3v) is 2.07. The molecule has 1 aromatic rings. The zero-order chi connectivity index (χ0) is 12.7. The Morgan fingerprint density at radius 1 is 1.41 bits per heavy atom. The van der Waals surface area contributed by atoms with E-state index in [9.17, 15) is 4.79 Å². The molecule has 0 aliphatic rings. The average Bonchev–Trinajstić information content (AvgIpc) is 2.28. The topological polar surface area (TPSA) is 73.6 Å². The Kier molecular flexibility index (Phi) is 5.29. The molecule has 0 fully saturated rings. The number of carbonyl (C=O) groups excluding carboxylic acids is 1. The van der Waals surface area contributed by atoms with E-state index in [1.165, 1.54) is 0 Å². The van der Waals surface area contributed by atoms with E-state index in [1.54, 1.807) is 31.4 Å². The number of anilines is 1. The molecule has 1 atom stereocenters. The molecular weight excluding hydrogens is 220 g/mol. The van der Waals surface area contributed by atoms with Crippen molar-refractivity contribution in [1.82, 2.24) is 5.32 Å². The zero-order valence-corrected chi connectivity index (χ0v) is 10.1. The highest BCUT2D eigenvalue weighted by Gasteiger charge is 2.07. The molecule has 1 rings (SSSR count). The highest BCUT2D eigenvalue weighted by atomic mass is 16.5. The minimum Gasteiger partial charge on any atom is -0.484 e. The number of ether oxygens (including phenoxy) is 2. The molecule has 0 saturated carbocycles. The van der Waals surface area contributed by atoms with E-state index in [-0.39, 0.29) is 18.6 Å². The van der Waals surface area contributed by atoms with Gasteiger partial charge in [0.1, 0.15) is 5.75 Å². The third kappa shape index (κ3) is 5.21. The summed E-state index contributed by atoms with van der Waals surface area (Å²) in [4.78, 5) is 11.5. The quantitative estimate of drug-likeness (QED) is 0.719. The van der Waals surface area contributed by atoms with E-state index >= 15 is 0 Å². The molecule has 3 N–H and O–H groups in total. The SMILES string of the molecule is COCC(C)NC(=O)COc1ccc(N)cc1. The maximum absolute atomic E-state index is 11.5. The lowest BCUT2D eigenvalue weighted by Crippen LogP contribution is -2.38. The van der Waals surface area contributed by atoms with Crippen molar-refractivity contribution in [2.75, 3.05) is 26.1 Å². The summed E-state index contributed by atoms with van der Waals surface area (Å²) in [6.07, 6.45) is 0. The Balaban J connectivity index is 2.30. The normalized spacial score (nSPS) is 11.9. The van der Waals surface area contributed by atoms with Crippen LogP contribution in [0.1, 0.15) is 6.92 Å². The van der Waals surface area contributed by atoms with Gasteiger partial charge in [0.2, 0.25) is 0 Å². The first-order valence-electron chi connectivity index (χ1n) is 5.38. The minimum atomic E-state index is -0.175. The predicted molar refractivity (Wildman–Crippen MR) is 65.8 cm³/mol. The number of rotatable bonds is 6. The van der Waals surface area contributed by atoms with Gasteiger partial charge in [0, 0.05) is 18.8 Å². The van der Waals surface area contributed by atoms with Gasteiger partial charge in [-0.3, -0.25) is 4.79 Å². The second-order valence-electron chi connectivity index (χ2n) is 3.78. The first-order chi connectivity index (χ1) is 8.11. The molecule has 1 aromatic carbocycles. The van der Waals surface area contributed by atoms with E-state index in [0.29, 0.717) is 18.0 Å². The van der Waals surface area contributed by atoms with Gasteiger partial charge in [-0.05, 0) is 31.2 Å². The van der Waals surface area contributed by atoms with E-state index in [1.807, 2.05) is 6.92 Å². The molecule has 0 aromatic heterocycles. The van der Waals surface area contributed by atoms with Crippen LogP contribution in [0.2, 0.25) is 0 Å². The number of amides is 1. The largest absolute Gasteiger partial charge is 0.484 e. The van der Waals surface area contributed by atoms with Crippen molar-refractivity contribution in [2.45, 2.75) is 13.0 Å². The van der Waals surface area contributed by atoms with Crippen LogP contribution in [-0.2, 0) is 9.53 Å². The maximum Gasteiger partial charge on any atom is 0.258 e. The van der Waals surface area contributed by atoms with Gasteiger partial charge in [-0.25, -0.2) is 0 Å². The van der Waals surface area contributed by atoms with Gasteiger partial charge in [-0.15, -0.1) is 0 Å². The summed E-state index contributed by atoms with van der Waals surface area (Å²) in [6, 6.07) is 6.87. The summed E-state index contributed by atoms with van der Waals surface area (Å²) in [5, 5.41) is 2.75. The number of hydrogen-bond donors (Lipinski definition) is 2. The van der Waals surface area contributed by atoms with Gasteiger partial charge in [-0.2, -0.15) is 0 Å². The fourth-order valence-corrected chi connectivity index (χ4v) is 1.32. The molecule has 0 aliphatic carbocycles. The molecule has 0 bridgehead atoms. The number of carbonyl (C=O) groups is 1. The number of nitrogens with one attached hydrogen (secondary N) is 1. The number of methoxy groups -OCH3 is 1. The first kappa shape index (κ1) is 13.3. The van der Waals surface area contributed by atoms with E-state index in [4.69, 9.17) is 15.2 Å². The van der Waals surface area contributed by atoms with Crippen molar-refractivity contribution in [3.63, 3.8) is 0 Å². The van der Waals surface area contributed by atoms with Crippen LogP contribution in [-0.4, -0.2) is 32.3 Å². The molecule has 1 amide bonds. The lowest BCUT2D eigenvalue weighted by atomic mass is 10.3. The fourth-order valence-electron chi connectivity index (χ4n) is 1.32. The molecule has 5 heteroatoms. The van der Waals surface area contributed by atoms with Crippen molar-refractivity contribution in [3.05, 3.63) is 24.3 Å². The molecule has 0 saturated heterocycles. The van der Waals surface area contributed by atoms with Crippen molar-refractivity contribution in [3.8, 4) is 5.75 Å². The van der Waals surface area contributed by atoms with Crippen LogP contribution in [0.3, 0.4) is 0 Å². The van der Waals surface area contributed by atoms with Crippen LogP contribution in [0.15, 0.2) is 24.3 Å². The van der Waals surface area contributed by atoms with Gasteiger partial charge >= 0.3 is 0 Å². The van der Waals surface area contributed by atoms with Gasteiger partial charge in [0.25, 0.3) is 5.91 Å². The summed E-state index contributed by atoms with van der Waals surface area (Å²) in [5.74, 6) is 0.445. The predicted octanol–water partition coefficient (Wildman–Crippen LogP) is 0.799. The Hall–Kier alpha value is -1.75. The second-order valence-corrected chi connectivity index (χ2v) is 3.78. The summed E-state index contributed by atoms with van der Waals surface area (Å²) >= 11 is 0. The summed E-state index contributed by atoms with van der Waals surface area (Å²) in [5.41, 5.74) is 6.20. The Morgan fingerprint density at radius 2 is 2.06 bits per heavy atom. The maximum atomic E-state index is 11.5. The first-order valence-corrected chi connectivity index (χ1v) is 5.38. The van der Waals surface area contributed by atoms with E-state index in [0.717, 1.165) is 0 Å². The van der Waals surface area contributed by atoms with Crippen LogP contribution < -0.4 is 15.8 Å². The molecule has 5 nitrogen and oxygen atoms in total. The molecule has 0 spiro atoms. The molecule has 0 radical (unpaired) electrons. The highest BCUT2D eigenvalue weighted by Crippen LogP contribution is 2.12. The molecule has 1 unspecified atom stereocenters. The number of hydrogen-bond acceptors (Lipinski definition) is 4. The Morgan fingerprint density at radius 3 is 2.65 bits per heavy atom. The lowest BCUT2D eigenvalue weighted by molar-refractivity contribution is -0.124. The van der Waals surface area contributed by atoms with E-state index < -0.39 is 0 Å². The molecule has 94 valence electrons. The Labute approximate surface area is 101 Å². The zero-order valence-electron chi connectivity index (χ0n) is 10.1. The summed E-state index contributed by atoms with van der Waals surface area (Å²) in [7, 11) is 1.59. The minimum absolute atomic E-state index is 0.0159. The van der Waals surface area contributed by atoms with Crippen LogP contribution in [0.25, 0.3) is 0 Å². The smallest absolute Gasteiger partial charge is 0.258 e. The lowest BCUT2D eigenvalue weighted by Gasteiger charge is -2.13.